The molecule has 1 amide bonds. The quantitative estimate of drug-likeness (QED) is 0.777. The summed E-state index contributed by atoms with van der Waals surface area (Å²) >= 11 is 0. The van der Waals surface area contributed by atoms with Gasteiger partial charge in [-0.15, -0.1) is 0 Å². The fraction of sp³-hybridized carbons (Fsp3) is 0.538. The Hall–Kier alpha value is -1.52. The van der Waals surface area contributed by atoms with Crippen LogP contribution in [-0.4, -0.2) is 29.4 Å². The molecule has 1 fully saturated rings. The van der Waals surface area contributed by atoms with Gasteiger partial charge in [0.25, 0.3) is 5.91 Å². The maximum atomic E-state index is 13.4. The molecule has 0 bridgehead atoms. The van der Waals surface area contributed by atoms with Crippen molar-refractivity contribution in [3.8, 4) is 0 Å². The van der Waals surface area contributed by atoms with Crippen LogP contribution in [0.1, 0.15) is 36.0 Å². The number of nitrogens with zero attached hydrogens (tertiary/aromatic N) is 2. The Balaban J connectivity index is 2.07. The lowest BCUT2D eigenvalue weighted by Gasteiger charge is -2.21. The Kier molecular flexibility index (Phi) is 3.89. The first-order chi connectivity index (χ1) is 8.59. The molecule has 1 aliphatic carbocycles. The number of amides is 1. The normalized spacial score (nSPS) is 15.9. The molecule has 0 spiro atoms. The highest BCUT2D eigenvalue weighted by Gasteiger charge is 2.23. The molecule has 5 heteroatoms. The molecule has 0 atom stereocenters. The Bertz CT molecular complexity index is 445. The summed E-state index contributed by atoms with van der Waals surface area (Å²) in [4.78, 5) is 16.6. The average Bonchev–Trinajstić information content (AvgIpc) is 2.84. The Morgan fingerprint density at radius 3 is 2.78 bits per heavy atom. The van der Waals surface area contributed by atoms with Crippen molar-refractivity contribution in [3.63, 3.8) is 0 Å². The SMILES string of the molecule is CN(CC1CCCC1)C(=O)c1ccnc(F)c1F. The van der Waals surface area contributed by atoms with E-state index in [4.69, 9.17) is 0 Å². The van der Waals surface area contributed by atoms with E-state index in [2.05, 4.69) is 4.98 Å². The standard InChI is InChI=1S/C13H16F2N2O/c1-17(8-9-4-2-3-5-9)13(18)10-6-7-16-12(15)11(10)14/h6-7,9H,2-5,8H2,1H3. The van der Waals surface area contributed by atoms with Gasteiger partial charge in [-0.3, -0.25) is 4.79 Å². The minimum Gasteiger partial charge on any atom is -0.341 e. The van der Waals surface area contributed by atoms with Gasteiger partial charge < -0.3 is 4.90 Å². The van der Waals surface area contributed by atoms with Crippen molar-refractivity contribution >= 4 is 5.91 Å². The van der Waals surface area contributed by atoms with Gasteiger partial charge in [0.15, 0.2) is 5.82 Å². The van der Waals surface area contributed by atoms with Gasteiger partial charge in [0.2, 0.25) is 5.95 Å². The van der Waals surface area contributed by atoms with E-state index in [1.54, 1.807) is 7.05 Å². The number of halogens is 2. The van der Waals surface area contributed by atoms with Gasteiger partial charge in [-0.1, -0.05) is 12.8 Å². The fourth-order valence-electron chi connectivity index (χ4n) is 2.45. The van der Waals surface area contributed by atoms with Crippen molar-refractivity contribution in [2.24, 2.45) is 5.92 Å². The molecule has 0 aliphatic heterocycles. The number of hydrogen-bond acceptors (Lipinski definition) is 2. The lowest BCUT2D eigenvalue weighted by molar-refractivity contribution is 0.0767. The lowest BCUT2D eigenvalue weighted by Crippen LogP contribution is -2.32. The van der Waals surface area contributed by atoms with Gasteiger partial charge in [-0.25, -0.2) is 9.37 Å². The zero-order chi connectivity index (χ0) is 13.1. The molecule has 0 unspecified atom stereocenters. The number of hydrogen-bond donors (Lipinski definition) is 0. The largest absolute Gasteiger partial charge is 0.341 e. The molecule has 0 saturated heterocycles. The van der Waals surface area contributed by atoms with Crippen LogP contribution in [0, 0.1) is 17.7 Å². The summed E-state index contributed by atoms with van der Waals surface area (Å²) in [5.41, 5.74) is -0.247. The van der Waals surface area contributed by atoms with Crippen LogP contribution in [0.5, 0.6) is 0 Å². The molecular weight excluding hydrogens is 238 g/mol. The Morgan fingerprint density at radius 2 is 2.11 bits per heavy atom. The molecule has 98 valence electrons. The summed E-state index contributed by atoms with van der Waals surface area (Å²) < 4.78 is 26.4. The summed E-state index contributed by atoms with van der Waals surface area (Å²) in [6.07, 6.45) is 5.68. The fourth-order valence-corrected chi connectivity index (χ4v) is 2.45. The molecular formula is C13H16F2N2O. The molecule has 3 nitrogen and oxygen atoms in total. The summed E-state index contributed by atoms with van der Waals surface area (Å²) in [6.45, 7) is 0.599. The van der Waals surface area contributed by atoms with E-state index in [9.17, 15) is 13.6 Å². The van der Waals surface area contributed by atoms with E-state index in [0.29, 0.717) is 12.5 Å². The van der Waals surface area contributed by atoms with Crippen LogP contribution < -0.4 is 0 Å². The third-order valence-corrected chi connectivity index (χ3v) is 3.43. The molecule has 0 N–H and O–H groups in total. The van der Waals surface area contributed by atoms with E-state index >= 15 is 0 Å². The highest BCUT2D eigenvalue weighted by Crippen LogP contribution is 2.25. The molecule has 0 aromatic carbocycles. The second kappa shape index (κ2) is 5.42. The van der Waals surface area contributed by atoms with E-state index in [1.165, 1.54) is 23.8 Å². The van der Waals surface area contributed by atoms with E-state index in [-0.39, 0.29) is 5.56 Å². The number of carbonyl (C=O) groups is 1. The van der Waals surface area contributed by atoms with Crippen LogP contribution >= 0.6 is 0 Å². The van der Waals surface area contributed by atoms with Gasteiger partial charge in [-0.05, 0) is 24.8 Å². The summed E-state index contributed by atoms with van der Waals surface area (Å²) in [7, 11) is 1.62. The minimum absolute atomic E-state index is 0.247. The van der Waals surface area contributed by atoms with Gasteiger partial charge in [0.05, 0.1) is 5.56 Å². The van der Waals surface area contributed by atoms with Crippen molar-refractivity contribution in [2.75, 3.05) is 13.6 Å². The molecule has 18 heavy (non-hydrogen) atoms. The summed E-state index contributed by atoms with van der Waals surface area (Å²) in [5, 5.41) is 0. The van der Waals surface area contributed by atoms with Crippen molar-refractivity contribution in [2.45, 2.75) is 25.7 Å². The maximum absolute atomic E-state index is 13.4. The zero-order valence-corrected chi connectivity index (χ0v) is 10.3. The number of aromatic nitrogens is 1. The smallest absolute Gasteiger partial charge is 0.256 e. The maximum Gasteiger partial charge on any atom is 0.256 e. The van der Waals surface area contributed by atoms with Gasteiger partial charge >= 0.3 is 0 Å². The van der Waals surface area contributed by atoms with Crippen LogP contribution in [0.3, 0.4) is 0 Å². The molecule has 1 aliphatic rings. The predicted octanol–water partition coefficient (Wildman–Crippen LogP) is 2.62. The monoisotopic (exact) mass is 254 g/mol. The molecule has 1 aromatic heterocycles. The first-order valence-electron chi connectivity index (χ1n) is 6.15. The first-order valence-corrected chi connectivity index (χ1v) is 6.15. The zero-order valence-electron chi connectivity index (χ0n) is 10.3. The number of rotatable bonds is 3. The number of carbonyl (C=O) groups excluding carboxylic acids is 1. The van der Waals surface area contributed by atoms with Crippen LogP contribution in [-0.2, 0) is 0 Å². The van der Waals surface area contributed by atoms with Crippen molar-refractivity contribution in [1.82, 2.24) is 9.88 Å². The Morgan fingerprint density at radius 1 is 1.44 bits per heavy atom. The molecule has 2 rings (SSSR count). The Labute approximate surface area is 105 Å². The molecule has 1 heterocycles. The molecule has 1 aromatic rings. The topological polar surface area (TPSA) is 33.2 Å². The minimum atomic E-state index is -1.23. The second-order valence-electron chi connectivity index (χ2n) is 4.80. The first kappa shape index (κ1) is 12.9. The number of pyridine rings is 1. The molecule has 0 radical (unpaired) electrons. The van der Waals surface area contributed by atoms with Crippen LogP contribution in [0.4, 0.5) is 8.78 Å². The van der Waals surface area contributed by atoms with Crippen molar-refractivity contribution < 1.29 is 13.6 Å². The molecule has 1 saturated carbocycles. The highest BCUT2D eigenvalue weighted by molar-refractivity contribution is 5.94. The summed E-state index contributed by atoms with van der Waals surface area (Å²) in [6, 6.07) is 1.21. The second-order valence-corrected chi connectivity index (χ2v) is 4.80. The third-order valence-electron chi connectivity index (χ3n) is 3.43. The van der Waals surface area contributed by atoms with E-state index < -0.39 is 17.7 Å². The summed E-state index contributed by atoms with van der Waals surface area (Å²) in [5.74, 6) is -2.40. The van der Waals surface area contributed by atoms with E-state index in [1.807, 2.05) is 0 Å². The van der Waals surface area contributed by atoms with Crippen molar-refractivity contribution in [1.29, 1.82) is 0 Å². The van der Waals surface area contributed by atoms with Gasteiger partial charge in [0.1, 0.15) is 0 Å². The van der Waals surface area contributed by atoms with Crippen LogP contribution in [0.15, 0.2) is 12.3 Å². The van der Waals surface area contributed by atoms with Crippen LogP contribution in [0.25, 0.3) is 0 Å². The highest BCUT2D eigenvalue weighted by atomic mass is 19.2. The van der Waals surface area contributed by atoms with Gasteiger partial charge in [-0.2, -0.15) is 4.39 Å². The third kappa shape index (κ3) is 2.66. The van der Waals surface area contributed by atoms with E-state index in [0.717, 1.165) is 19.0 Å². The average molecular weight is 254 g/mol. The van der Waals surface area contributed by atoms with Crippen molar-refractivity contribution in [3.05, 3.63) is 29.6 Å². The lowest BCUT2D eigenvalue weighted by atomic mass is 10.1. The van der Waals surface area contributed by atoms with Crippen LogP contribution in [0.2, 0.25) is 0 Å². The predicted molar refractivity (Wildman–Crippen MR) is 63.1 cm³/mol. The van der Waals surface area contributed by atoms with Gasteiger partial charge in [0, 0.05) is 19.8 Å².